The van der Waals surface area contributed by atoms with Crippen molar-refractivity contribution in [2.24, 2.45) is 0 Å². The summed E-state index contributed by atoms with van der Waals surface area (Å²) in [6, 6.07) is 48.5. The molecule has 5 heterocycles. The molecule has 4 aromatic heterocycles. The fraction of sp³-hybridized carbons (Fsp3) is 0.109. The number of aromatic nitrogens is 3. The van der Waals surface area contributed by atoms with Gasteiger partial charge >= 0.3 is 0 Å². The first-order valence-corrected chi connectivity index (χ1v) is 17.7. The first-order chi connectivity index (χ1) is 25.8. The summed E-state index contributed by atoms with van der Waals surface area (Å²) in [5.41, 5.74) is 9.43. The van der Waals surface area contributed by atoms with Crippen LogP contribution in [0.1, 0.15) is 26.3 Å². The summed E-state index contributed by atoms with van der Waals surface area (Å²) >= 11 is 0. The topological polar surface area (TPSA) is 59.6 Å². The summed E-state index contributed by atoms with van der Waals surface area (Å²) in [7, 11) is 2.05. The summed E-state index contributed by atoms with van der Waals surface area (Å²) in [6.45, 7) is 8.71. The number of nitrogens with zero attached hydrogens (tertiary/aromatic N) is 5. The van der Waals surface area contributed by atoms with E-state index in [2.05, 4.69) is 127 Å². The number of para-hydroxylation sites is 4. The van der Waals surface area contributed by atoms with E-state index >= 15 is 0 Å². The Kier molecular flexibility index (Phi) is 8.09. The fourth-order valence-electron chi connectivity index (χ4n) is 7.39. The molecule has 7 nitrogen and oxygen atoms in total. The zero-order valence-electron chi connectivity index (χ0n) is 30.1. The molecule has 0 fully saturated rings. The number of benzene rings is 5. The number of anilines is 3. The average Bonchev–Trinajstić information content (AvgIpc) is 3.83. The molecule has 1 aliphatic heterocycles. The largest absolute Gasteiger partial charge is 0.504 e. The molecule has 0 saturated carbocycles. The van der Waals surface area contributed by atoms with E-state index in [1.165, 1.54) is 5.56 Å². The minimum absolute atomic E-state index is 0. The number of pyridine rings is 2. The molecule has 0 N–H and O–H groups in total. The van der Waals surface area contributed by atoms with Crippen LogP contribution in [0.4, 0.5) is 17.1 Å². The molecule has 0 unspecified atom stereocenters. The van der Waals surface area contributed by atoms with Crippen LogP contribution in [0.15, 0.2) is 132 Å². The molecule has 0 bridgehead atoms. The van der Waals surface area contributed by atoms with Crippen molar-refractivity contribution in [3.8, 4) is 28.7 Å². The van der Waals surface area contributed by atoms with Gasteiger partial charge in [0.25, 0.3) is 0 Å². The molecule has 8 heteroatoms. The zero-order chi connectivity index (χ0) is 35.8. The van der Waals surface area contributed by atoms with E-state index < -0.39 is 0 Å². The second-order valence-electron chi connectivity index (χ2n) is 14.5. The van der Waals surface area contributed by atoms with Gasteiger partial charge in [0.2, 0.25) is 0 Å². The summed E-state index contributed by atoms with van der Waals surface area (Å²) < 4.78 is 15.0. The second-order valence-corrected chi connectivity index (χ2v) is 14.5. The van der Waals surface area contributed by atoms with Gasteiger partial charge in [0.1, 0.15) is 22.9 Å². The van der Waals surface area contributed by atoms with E-state index in [-0.39, 0.29) is 26.5 Å². The van der Waals surface area contributed by atoms with Gasteiger partial charge in [-0.1, -0.05) is 80.9 Å². The summed E-state index contributed by atoms with van der Waals surface area (Å²) in [4.78, 5) is 14.1. The molecule has 0 aliphatic carbocycles. The van der Waals surface area contributed by atoms with Crippen LogP contribution in [0.3, 0.4) is 0 Å². The van der Waals surface area contributed by atoms with Gasteiger partial charge in [-0.3, -0.25) is 4.98 Å². The van der Waals surface area contributed by atoms with Crippen LogP contribution in [0, 0.1) is 18.8 Å². The Morgan fingerprint density at radius 1 is 0.722 bits per heavy atom. The van der Waals surface area contributed by atoms with Crippen molar-refractivity contribution in [2.75, 3.05) is 16.8 Å². The molecular formula is C46H34N5O2Pt-3. The smallest absolute Gasteiger partial charge is 0.135 e. The Hall–Kier alpha value is -5.91. The standard InChI is InChI=1S/C46H34N5O2.Pt/c1-46(2,3)30-21-22-47-44(24-30)51-38-13-7-5-11-33(38)34-19-18-32(27-41(34)51)52-45-26-31(50-28-49(4)39-14-8-9-15-40(39)50)25-37(48-45)29-17-20-43-36(23-29)35-12-6-10-16-42(35)53-43;/h5-25,28H,1-4H3;/q-3;. The van der Waals surface area contributed by atoms with Gasteiger partial charge in [0.15, 0.2) is 0 Å². The van der Waals surface area contributed by atoms with Gasteiger partial charge in [-0.25, -0.2) is 4.98 Å². The Balaban J connectivity index is 0.00000384. The number of hydrogen-bond acceptors (Lipinski definition) is 6. The number of ether oxygens (including phenoxy) is 1. The molecule has 0 atom stereocenters. The molecule has 1 aliphatic rings. The molecule has 0 radical (unpaired) electrons. The number of hydrogen-bond donors (Lipinski definition) is 0. The van der Waals surface area contributed by atoms with Crippen LogP contribution in [0.5, 0.6) is 11.6 Å². The van der Waals surface area contributed by atoms with Gasteiger partial charge in [-0.05, 0) is 83.2 Å². The van der Waals surface area contributed by atoms with Crippen molar-refractivity contribution in [1.29, 1.82) is 0 Å². The van der Waals surface area contributed by atoms with E-state index in [9.17, 15) is 0 Å². The van der Waals surface area contributed by atoms with Crippen molar-refractivity contribution in [3.63, 3.8) is 0 Å². The first-order valence-electron chi connectivity index (χ1n) is 17.7. The van der Waals surface area contributed by atoms with Crippen molar-refractivity contribution in [3.05, 3.63) is 152 Å². The fourth-order valence-corrected chi connectivity index (χ4v) is 7.39. The number of rotatable bonds is 5. The van der Waals surface area contributed by atoms with Crippen LogP contribution in [0.25, 0.3) is 60.8 Å². The molecule has 268 valence electrons. The maximum absolute atomic E-state index is 6.64. The third-order valence-electron chi connectivity index (χ3n) is 10.1. The van der Waals surface area contributed by atoms with Gasteiger partial charge < -0.3 is 23.5 Å². The zero-order valence-corrected chi connectivity index (χ0v) is 32.3. The predicted octanol–water partition coefficient (Wildman–Crippen LogP) is 11.5. The van der Waals surface area contributed by atoms with Gasteiger partial charge in [0.05, 0.1) is 0 Å². The third kappa shape index (κ3) is 5.62. The Morgan fingerprint density at radius 3 is 2.33 bits per heavy atom. The van der Waals surface area contributed by atoms with Crippen LogP contribution in [0.2, 0.25) is 0 Å². The van der Waals surface area contributed by atoms with E-state index in [1.54, 1.807) is 0 Å². The van der Waals surface area contributed by atoms with E-state index in [0.717, 1.165) is 77.9 Å². The van der Waals surface area contributed by atoms with E-state index in [1.807, 2.05) is 61.8 Å². The van der Waals surface area contributed by atoms with Gasteiger partial charge in [-0.2, -0.15) is 30.6 Å². The van der Waals surface area contributed by atoms with E-state index in [4.69, 9.17) is 19.1 Å². The monoisotopic (exact) mass is 883 g/mol. The molecule has 0 spiro atoms. The summed E-state index contributed by atoms with van der Waals surface area (Å²) in [5.74, 6) is 1.70. The van der Waals surface area contributed by atoms with Crippen LogP contribution in [-0.4, -0.2) is 21.6 Å². The van der Waals surface area contributed by atoms with Crippen LogP contribution < -0.4 is 14.5 Å². The summed E-state index contributed by atoms with van der Waals surface area (Å²) in [6.07, 6.45) is 1.89. The van der Waals surface area contributed by atoms with Gasteiger partial charge in [-0.15, -0.1) is 17.5 Å². The van der Waals surface area contributed by atoms with Gasteiger partial charge in [0, 0.05) is 60.7 Å². The first kappa shape index (κ1) is 33.9. The number of fused-ring (bicyclic) bond motifs is 7. The Morgan fingerprint density at radius 2 is 1.48 bits per heavy atom. The molecule has 5 aromatic carbocycles. The van der Waals surface area contributed by atoms with Crippen LogP contribution >= 0.6 is 0 Å². The molecule has 0 saturated heterocycles. The maximum atomic E-state index is 6.64. The van der Waals surface area contributed by atoms with E-state index in [0.29, 0.717) is 11.6 Å². The normalized spacial score (nSPS) is 12.9. The molecule has 0 amide bonds. The predicted molar refractivity (Wildman–Crippen MR) is 213 cm³/mol. The molecule has 10 rings (SSSR count). The number of furan rings is 1. The quantitative estimate of drug-likeness (QED) is 0.161. The van der Waals surface area contributed by atoms with Crippen molar-refractivity contribution < 1.29 is 30.2 Å². The van der Waals surface area contributed by atoms with Crippen molar-refractivity contribution >= 4 is 60.8 Å². The molecular weight excluding hydrogens is 850 g/mol. The SMILES string of the molecule is CN1[CH-]N(c2[c-]c(Oc3[c-]c4c(cc3)c3ccccc3n4-c3cc(C(C)(C)C)ccn3)nc(-c3ccc4oc5ccccc5c4c3)c2)c2ccccc21.[Pt]. The second kappa shape index (κ2) is 12.9. The molecule has 9 aromatic rings. The Bertz CT molecular complexity index is 2890. The molecule has 54 heavy (non-hydrogen) atoms. The van der Waals surface area contributed by atoms with Crippen LogP contribution in [-0.2, 0) is 26.5 Å². The summed E-state index contributed by atoms with van der Waals surface area (Å²) in [5, 5.41) is 4.28. The maximum Gasteiger partial charge on any atom is 0.135 e. The van der Waals surface area contributed by atoms with Crippen molar-refractivity contribution in [2.45, 2.75) is 26.2 Å². The average molecular weight is 884 g/mol. The minimum atomic E-state index is -0.0318. The minimum Gasteiger partial charge on any atom is -0.504 e. The van der Waals surface area contributed by atoms with Crippen molar-refractivity contribution in [1.82, 2.24) is 14.5 Å². The Labute approximate surface area is 327 Å². The third-order valence-corrected chi connectivity index (χ3v) is 10.1.